The standard InChI is InChI=1S/C29H23N3O7/c1-30(2)15-5-7-18-22(13-15)39-23-14-16(31(3)4)6-8-19(23)26(18)27-20(28(35)36)11-17(12-21(27)29(37)38)32-24(33)9-10-25(32)34/h5-14H,1-4H3,(H-,35,36,37,38)/p+1. The van der Waals surface area contributed by atoms with Gasteiger partial charge in [-0.3, -0.25) is 9.59 Å². The van der Waals surface area contributed by atoms with Crippen molar-refractivity contribution in [3.05, 3.63) is 77.2 Å². The molecule has 0 saturated carbocycles. The van der Waals surface area contributed by atoms with Gasteiger partial charge in [-0.2, -0.15) is 0 Å². The van der Waals surface area contributed by atoms with Crippen LogP contribution in [-0.4, -0.2) is 62.2 Å². The number of carboxylic acids is 2. The topological polar surface area (TPSA) is 131 Å². The summed E-state index contributed by atoms with van der Waals surface area (Å²) in [6.07, 6.45) is 2.09. The maximum Gasteiger partial charge on any atom is 0.336 e. The minimum absolute atomic E-state index is 0.0631. The number of aromatic carboxylic acids is 2. The first kappa shape index (κ1) is 25.4. The number of amides is 2. The SMILES string of the molecule is CN(C)c1ccc2c(-c3c(C(=O)O)cc(N4C(=O)C=CC4=O)cc3C(=O)O)c3ccc(=[N+](C)C)cc-3oc2c1. The molecule has 0 atom stereocenters. The number of benzene rings is 3. The van der Waals surface area contributed by atoms with E-state index < -0.39 is 23.8 Å². The van der Waals surface area contributed by atoms with Gasteiger partial charge in [0.25, 0.3) is 11.8 Å². The fourth-order valence-corrected chi connectivity index (χ4v) is 4.71. The Hall–Kier alpha value is -5.25. The van der Waals surface area contributed by atoms with E-state index in [4.69, 9.17) is 4.42 Å². The minimum Gasteiger partial charge on any atom is -0.478 e. The smallest absolute Gasteiger partial charge is 0.336 e. The van der Waals surface area contributed by atoms with Gasteiger partial charge in [-0.1, -0.05) is 0 Å². The van der Waals surface area contributed by atoms with Crippen molar-refractivity contribution < 1.29 is 33.8 Å². The van der Waals surface area contributed by atoms with Crippen molar-refractivity contribution in [2.24, 2.45) is 0 Å². The van der Waals surface area contributed by atoms with E-state index in [0.29, 0.717) is 27.9 Å². The summed E-state index contributed by atoms with van der Waals surface area (Å²) in [5.74, 6) is -3.80. The van der Waals surface area contributed by atoms with Gasteiger partial charge in [0.2, 0.25) is 5.36 Å². The average molecular weight is 527 g/mol. The molecule has 2 amide bonds. The summed E-state index contributed by atoms with van der Waals surface area (Å²) in [5.41, 5.74) is 1.13. The first-order valence-electron chi connectivity index (χ1n) is 11.9. The molecule has 0 spiro atoms. The number of rotatable bonds is 5. The number of hydrogen-bond acceptors (Lipinski definition) is 6. The van der Waals surface area contributed by atoms with E-state index in [1.54, 1.807) is 24.3 Å². The molecule has 5 rings (SSSR count). The summed E-state index contributed by atoms with van der Waals surface area (Å²) in [6.45, 7) is 0. The Morgan fingerprint density at radius 2 is 1.46 bits per heavy atom. The van der Waals surface area contributed by atoms with E-state index >= 15 is 0 Å². The Kier molecular flexibility index (Phi) is 6.02. The van der Waals surface area contributed by atoms with Crippen LogP contribution in [0.2, 0.25) is 0 Å². The molecule has 1 aliphatic carbocycles. The Balaban J connectivity index is 1.95. The number of hydrogen-bond donors (Lipinski definition) is 2. The van der Waals surface area contributed by atoms with Crippen molar-refractivity contribution in [1.29, 1.82) is 0 Å². The Morgan fingerprint density at radius 1 is 0.846 bits per heavy atom. The maximum atomic E-state index is 12.6. The van der Waals surface area contributed by atoms with Gasteiger partial charge >= 0.3 is 11.9 Å². The van der Waals surface area contributed by atoms with Gasteiger partial charge in [0, 0.05) is 66.1 Å². The van der Waals surface area contributed by atoms with Gasteiger partial charge < -0.3 is 19.5 Å². The first-order valence-corrected chi connectivity index (χ1v) is 11.9. The van der Waals surface area contributed by atoms with Crippen LogP contribution < -0.4 is 19.7 Å². The van der Waals surface area contributed by atoms with Crippen LogP contribution in [0.5, 0.6) is 0 Å². The number of anilines is 2. The van der Waals surface area contributed by atoms with Gasteiger partial charge in [0.1, 0.15) is 25.4 Å². The lowest BCUT2D eigenvalue weighted by atomic mass is 9.87. The number of carboxylic acid groups (broad SMARTS) is 2. The van der Waals surface area contributed by atoms with Gasteiger partial charge in [-0.15, -0.1) is 0 Å². The van der Waals surface area contributed by atoms with Crippen LogP contribution in [0.3, 0.4) is 0 Å². The molecule has 2 N–H and O–H groups in total. The number of nitrogens with zero attached hydrogens (tertiary/aromatic N) is 3. The molecule has 2 aromatic rings. The lowest BCUT2D eigenvalue weighted by molar-refractivity contribution is -0.120. The van der Waals surface area contributed by atoms with Crippen LogP contribution >= 0.6 is 0 Å². The molecule has 0 bridgehead atoms. The minimum atomic E-state index is -1.42. The monoisotopic (exact) mass is 526 g/mol. The van der Waals surface area contributed by atoms with Crippen LogP contribution in [0.4, 0.5) is 11.4 Å². The fourth-order valence-electron chi connectivity index (χ4n) is 4.71. The molecule has 10 nitrogen and oxygen atoms in total. The molecule has 2 aliphatic heterocycles. The predicted molar refractivity (Wildman–Crippen MR) is 145 cm³/mol. The zero-order valence-electron chi connectivity index (χ0n) is 21.6. The quantitative estimate of drug-likeness (QED) is 0.230. The lowest BCUT2D eigenvalue weighted by Gasteiger charge is -2.22. The molecule has 2 aromatic carbocycles. The highest BCUT2D eigenvalue weighted by molar-refractivity contribution is 6.29. The third-order valence-electron chi connectivity index (χ3n) is 6.62. The van der Waals surface area contributed by atoms with Gasteiger partial charge in [0.05, 0.1) is 22.9 Å². The van der Waals surface area contributed by atoms with Crippen LogP contribution in [0.25, 0.3) is 33.4 Å². The first-order chi connectivity index (χ1) is 18.5. The van der Waals surface area contributed by atoms with E-state index in [0.717, 1.165) is 40.2 Å². The average Bonchev–Trinajstić information content (AvgIpc) is 3.23. The molecular weight excluding hydrogens is 502 g/mol. The molecule has 0 radical (unpaired) electrons. The predicted octanol–water partition coefficient (Wildman–Crippen LogP) is 3.13. The molecule has 0 aromatic heterocycles. The third kappa shape index (κ3) is 4.21. The zero-order chi connectivity index (χ0) is 28.2. The molecular formula is C29H24N3O7+. The maximum absolute atomic E-state index is 12.6. The van der Waals surface area contributed by atoms with Gasteiger partial charge in [0.15, 0.2) is 0 Å². The highest BCUT2D eigenvalue weighted by Gasteiger charge is 2.32. The van der Waals surface area contributed by atoms with Crippen molar-refractivity contribution >= 4 is 46.1 Å². The van der Waals surface area contributed by atoms with E-state index in [9.17, 15) is 29.4 Å². The van der Waals surface area contributed by atoms with Crippen molar-refractivity contribution in [1.82, 2.24) is 4.58 Å². The van der Waals surface area contributed by atoms with E-state index in [-0.39, 0.29) is 22.4 Å². The lowest BCUT2D eigenvalue weighted by Crippen LogP contribution is -2.30. The summed E-state index contributed by atoms with van der Waals surface area (Å²) >= 11 is 0. The highest BCUT2D eigenvalue weighted by Crippen LogP contribution is 2.44. The summed E-state index contributed by atoms with van der Waals surface area (Å²) in [4.78, 5) is 52.5. The molecule has 0 fully saturated rings. The number of carbonyl (C=O) groups excluding carboxylic acids is 2. The van der Waals surface area contributed by atoms with Gasteiger partial charge in [-0.05, 0) is 30.3 Å². The summed E-state index contributed by atoms with van der Waals surface area (Å²) in [5, 5.41) is 21.9. The zero-order valence-corrected chi connectivity index (χ0v) is 21.6. The summed E-state index contributed by atoms with van der Waals surface area (Å²) < 4.78 is 8.15. The Bertz CT molecular complexity index is 1760. The van der Waals surface area contributed by atoms with Crippen molar-refractivity contribution in [3.8, 4) is 22.5 Å². The summed E-state index contributed by atoms with van der Waals surface area (Å²) in [6, 6.07) is 13.0. The van der Waals surface area contributed by atoms with Crippen molar-refractivity contribution in [2.45, 2.75) is 0 Å². The third-order valence-corrected chi connectivity index (χ3v) is 6.62. The molecule has 3 aliphatic rings. The molecule has 0 saturated heterocycles. The molecule has 10 heteroatoms. The van der Waals surface area contributed by atoms with Crippen LogP contribution in [0, 0.1) is 0 Å². The van der Waals surface area contributed by atoms with Crippen molar-refractivity contribution in [3.63, 3.8) is 0 Å². The molecule has 0 unspecified atom stereocenters. The summed E-state index contributed by atoms with van der Waals surface area (Å²) in [7, 11) is 7.47. The van der Waals surface area contributed by atoms with E-state index in [1.165, 1.54) is 0 Å². The molecule has 196 valence electrons. The second-order valence-electron chi connectivity index (χ2n) is 9.50. The van der Waals surface area contributed by atoms with Crippen LogP contribution in [0.1, 0.15) is 20.7 Å². The molecule has 2 heterocycles. The van der Waals surface area contributed by atoms with E-state index in [1.807, 2.05) is 49.8 Å². The second-order valence-corrected chi connectivity index (χ2v) is 9.50. The van der Waals surface area contributed by atoms with Gasteiger partial charge in [-0.25, -0.2) is 19.1 Å². The number of fused-ring (bicyclic) bond motifs is 2. The van der Waals surface area contributed by atoms with Crippen LogP contribution in [-0.2, 0) is 9.59 Å². The van der Waals surface area contributed by atoms with Crippen LogP contribution in [0.15, 0.2) is 65.1 Å². The van der Waals surface area contributed by atoms with E-state index in [2.05, 4.69) is 0 Å². The largest absolute Gasteiger partial charge is 0.478 e. The normalized spacial score (nSPS) is 13.0. The number of carbonyl (C=O) groups is 4. The second kappa shape index (κ2) is 9.25. The Morgan fingerprint density at radius 3 is 2.00 bits per heavy atom. The Labute approximate surface area is 222 Å². The fraction of sp³-hybridized carbons (Fsp3) is 0.138. The van der Waals surface area contributed by atoms with Crippen molar-refractivity contribution in [2.75, 3.05) is 38.0 Å². The molecule has 39 heavy (non-hydrogen) atoms. The number of imide groups is 1. The highest BCUT2D eigenvalue weighted by atomic mass is 16.4.